The van der Waals surface area contributed by atoms with Crippen molar-refractivity contribution in [3.63, 3.8) is 0 Å². The van der Waals surface area contributed by atoms with Crippen molar-refractivity contribution in [3.8, 4) is 0 Å². The quantitative estimate of drug-likeness (QED) is 0.219. The Morgan fingerprint density at radius 3 is 2.20 bits per heavy atom. The first kappa shape index (κ1) is 36.1. The molecule has 4 atom stereocenters. The molecule has 0 radical (unpaired) electrons. The topological polar surface area (TPSA) is 170 Å². The number of pyridine rings is 1. The molecule has 5 N–H and O–H groups in total. The second-order valence-corrected chi connectivity index (χ2v) is 16.4. The van der Waals surface area contributed by atoms with Crippen LogP contribution in [0.25, 0.3) is 0 Å². The summed E-state index contributed by atoms with van der Waals surface area (Å²) in [5.41, 5.74) is 9.11. The van der Waals surface area contributed by atoms with Crippen molar-refractivity contribution < 1.29 is 22.8 Å². The Hall–Kier alpha value is -4.69. The summed E-state index contributed by atoms with van der Waals surface area (Å²) < 4.78 is 23.1. The number of nitrogens with one attached hydrogen (secondary N) is 3. The number of carbonyl (C=O) groups is 3. The molecule has 3 aromatic rings. The smallest absolute Gasteiger partial charge is 0.253 e. The molecule has 3 fully saturated rings. The van der Waals surface area contributed by atoms with Gasteiger partial charge in [0, 0.05) is 80.2 Å². The van der Waals surface area contributed by atoms with Crippen molar-refractivity contribution in [2.24, 2.45) is 5.73 Å². The molecule has 14 heteroatoms. The Morgan fingerprint density at radius 1 is 0.922 bits per heavy atom. The van der Waals surface area contributed by atoms with E-state index in [2.05, 4.69) is 62.0 Å². The number of primary amides is 1. The van der Waals surface area contributed by atoms with Gasteiger partial charge in [0.1, 0.15) is 15.7 Å². The van der Waals surface area contributed by atoms with Crippen LogP contribution in [0.1, 0.15) is 75.3 Å². The largest absolute Gasteiger partial charge is 0.383 e. The lowest BCUT2D eigenvalue weighted by Crippen LogP contribution is -2.50. The number of fused-ring (bicyclic) bond motifs is 2. The number of piperazine rings is 1. The van der Waals surface area contributed by atoms with E-state index in [4.69, 9.17) is 10.7 Å². The summed E-state index contributed by atoms with van der Waals surface area (Å²) in [6.45, 7) is 6.18. The standard InChI is InChI=1S/C37H48N8O5S/c1-24(25-4-8-29(9-5-25)44-17-15-43(2)16-18-44)41-37(48)27-7-13-34(40-23-27)45-30-10-11-31(45)22-28(21-30)42-36(47)26-6-12-32(35(38)46)33(20-26)39-14-19-51(3,49)50/h4-9,12-13,20,23-24,28,30-31,39H,10-11,14-19,21-22H2,1-3H3,(H2,38,46)(H,41,48)(H,42,47)/t24-,28-,30+,31-/m0/s1. The fraction of sp³-hybridized carbons (Fsp3) is 0.459. The Labute approximate surface area is 299 Å². The molecule has 2 aromatic carbocycles. The van der Waals surface area contributed by atoms with Crippen LogP contribution >= 0.6 is 0 Å². The van der Waals surface area contributed by atoms with Gasteiger partial charge < -0.3 is 36.4 Å². The highest BCUT2D eigenvalue weighted by Gasteiger charge is 2.42. The molecule has 2 bridgehead atoms. The van der Waals surface area contributed by atoms with Gasteiger partial charge in [-0.15, -0.1) is 0 Å². The van der Waals surface area contributed by atoms with Crippen LogP contribution in [0.15, 0.2) is 60.8 Å². The summed E-state index contributed by atoms with van der Waals surface area (Å²) in [5, 5.41) is 9.20. The van der Waals surface area contributed by atoms with Gasteiger partial charge in [-0.1, -0.05) is 12.1 Å². The molecule has 3 aliphatic heterocycles. The van der Waals surface area contributed by atoms with Crippen molar-refractivity contribution >= 4 is 44.8 Å². The van der Waals surface area contributed by atoms with E-state index in [1.165, 1.54) is 17.8 Å². The van der Waals surface area contributed by atoms with Gasteiger partial charge in [0.25, 0.3) is 17.7 Å². The first-order chi connectivity index (χ1) is 24.3. The fourth-order valence-electron chi connectivity index (χ4n) is 7.43. The van der Waals surface area contributed by atoms with Crippen molar-refractivity contribution in [3.05, 3.63) is 83.0 Å². The lowest BCUT2D eigenvalue weighted by Gasteiger charge is -2.40. The molecule has 13 nitrogen and oxygen atoms in total. The Bertz CT molecular complexity index is 1830. The number of hydrogen-bond donors (Lipinski definition) is 4. The molecule has 3 aliphatic rings. The predicted octanol–water partition coefficient (Wildman–Crippen LogP) is 2.81. The van der Waals surface area contributed by atoms with Crippen LogP contribution in [-0.2, 0) is 9.84 Å². The lowest BCUT2D eigenvalue weighted by atomic mass is 9.96. The SMILES string of the molecule is C[C@H](NC(=O)c1ccc(N2[C@@H]3CC[C@H]2C[C@@H](NC(=O)c2ccc(C(N)=O)c(NCCS(C)(=O)=O)c2)C3)nc1)c1ccc(N2CCN(C)CC2)cc1. The highest BCUT2D eigenvalue weighted by atomic mass is 32.2. The molecule has 272 valence electrons. The zero-order valence-corrected chi connectivity index (χ0v) is 30.3. The van der Waals surface area contributed by atoms with Crippen LogP contribution in [-0.4, -0.2) is 106 Å². The maximum atomic E-state index is 13.3. The molecule has 0 saturated carbocycles. The number of sulfone groups is 1. The van der Waals surface area contributed by atoms with E-state index < -0.39 is 15.7 Å². The molecule has 51 heavy (non-hydrogen) atoms. The summed E-state index contributed by atoms with van der Waals surface area (Å²) in [4.78, 5) is 50.2. The maximum Gasteiger partial charge on any atom is 0.253 e. The molecule has 4 heterocycles. The molecule has 3 amide bonds. The van der Waals surface area contributed by atoms with Gasteiger partial charge >= 0.3 is 0 Å². The van der Waals surface area contributed by atoms with E-state index in [-0.39, 0.29) is 53.8 Å². The van der Waals surface area contributed by atoms with E-state index in [1.807, 2.05) is 19.1 Å². The van der Waals surface area contributed by atoms with E-state index in [0.717, 1.165) is 69.5 Å². The number of piperidine rings is 1. The molecule has 0 aliphatic carbocycles. The Balaban J connectivity index is 1.03. The van der Waals surface area contributed by atoms with Crippen molar-refractivity contribution in [1.82, 2.24) is 20.5 Å². The molecular formula is C37H48N8O5S. The number of aromatic nitrogens is 1. The van der Waals surface area contributed by atoms with Crippen LogP contribution < -0.4 is 31.5 Å². The zero-order chi connectivity index (χ0) is 36.3. The molecular weight excluding hydrogens is 669 g/mol. The molecule has 3 saturated heterocycles. The predicted molar refractivity (Wildman–Crippen MR) is 199 cm³/mol. The van der Waals surface area contributed by atoms with Crippen LogP contribution in [0.5, 0.6) is 0 Å². The first-order valence-corrected chi connectivity index (χ1v) is 19.7. The van der Waals surface area contributed by atoms with Crippen LogP contribution in [0, 0.1) is 0 Å². The second-order valence-electron chi connectivity index (χ2n) is 14.1. The number of carbonyl (C=O) groups excluding carboxylic acids is 3. The van der Waals surface area contributed by atoms with Gasteiger partial charge in [0.15, 0.2) is 0 Å². The van der Waals surface area contributed by atoms with Gasteiger partial charge in [-0.3, -0.25) is 14.4 Å². The average molecular weight is 717 g/mol. The van der Waals surface area contributed by atoms with Gasteiger partial charge in [-0.05, 0) is 87.7 Å². The van der Waals surface area contributed by atoms with Gasteiger partial charge in [0.05, 0.1) is 22.9 Å². The van der Waals surface area contributed by atoms with Crippen molar-refractivity contribution in [2.45, 2.75) is 56.8 Å². The number of hydrogen-bond acceptors (Lipinski definition) is 10. The van der Waals surface area contributed by atoms with Crippen molar-refractivity contribution in [1.29, 1.82) is 0 Å². The molecule has 0 unspecified atom stereocenters. The zero-order valence-electron chi connectivity index (χ0n) is 29.5. The third-order valence-electron chi connectivity index (χ3n) is 10.3. The summed E-state index contributed by atoms with van der Waals surface area (Å²) in [6, 6.07) is 16.9. The van der Waals surface area contributed by atoms with Crippen LogP contribution in [0.4, 0.5) is 17.2 Å². The Morgan fingerprint density at radius 2 is 1.59 bits per heavy atom. The molecule has 0 spiro atoms. The van der Waals surface area contributed by atoms with Crippen LogP contribution in [0.2, 0.25) is 0 Å². The number of nitrogens with zero attached hydrogens (tertiary/aromatic N) is 4. The second kappa shape index (κ2) is 15.3. The number of likely N-dealkylation sites (N-methyl/N-ethyl adjacent to an activating group) is 1. The molecule has 6 rings (SSSR count). The average Bonchev–Trinajstić information content (AvgIpc) is 3.37. The summed E-state index contributed by atoms with van der Waals surface area (Å²) in [6.07, 6.45) is 6.22. The van der Waals surface area contributed by atoms with Gasteiger partial charge in [-0.2, -0.15) is 0 Å². The molecule has 1 aromatic heterocycles. The third kappa shape index (κ3) is 8.79. The minimum atomic E-state index is -3.21. The number of benzene rings is 2. The van der Waals surface area contributed by atoms with Gasteiger partial charge in [-0.25, -0.2) is 13.4 Å². The maximum absolute atomic E-state index is 13.3. The van der Waals surface area contributed by atoms with E-state index in [1.54, 1.807) is 12.3 Å². The monoisotopic (exact) mass is 716 g/mol. The number of nitrogens with two attached hydrogens (primary N) is 1. The van der Waals surface area contributed by atoms with E-state index in [9.17, 15) is 22.8 Å². The highest BCUT2D eigenvalue weighted by molar-refractivity contribution is 7.90. The van der Waals surface area contributed by atoms with E-state index >= 15 is 0 Å². The fourth-order valence-corrected chi connectivity index (χ4v) is 7.90. The highest BCUT2D eigenvalue weighted by Crippen LogP contribution is 2.38. The summed E-state index contributed by atoms with van der Waals surface area (Å²) in [5.74, 6) is -0.426. The number of amides is 3. The summed E-state index contributed by atoms with van der Waals surface area (Å²) >= 11 is 0. The first-order valence-electron chi connectivity index (χ1n) is 17.6. The van der Waals surface area contributed by atoms with E-state index in [0.29, 0.717) is 16.8 Å². The van der Waals surface area contributed by atoms with Crippen molar-refractivity contribution in [2.75, 3.05) is 66.9 Å². The van der Waals surface area contributed by atoms with Crippen LogP contribution in [0.3, 0.4) is 0 Å². The lowest BCUT2D eigenvalue weighted by molar-refractivity contribution is 0.0922. The van der Waals surface area contributed by atoms with Gasteiger partial charge in [0.2, 0.25) is 0 Å². The summed E-state index contributed by atoms with van der Waals surface area (Å²) in [7, 11) is -1.07. The normalized spacial score (nSPS) is 21.2. The minimum absolute atomic E-state index is 0.0501. The third-order valence-corrected chi connectivity index (χ3v) is 11.2. The Kier molecular flexibility index (Phi) is 10.8. The number of rotatable bonds is 12. The number of anilines is 3. The minimum Gasteiger partial charge on any atom is -0.383 e.